The van der Waals surface area contributed by atoms with E-state index >= 15 is 0 Å². The molecule has 0 radical (unpaired) electrons. The van der Waals surface area contributed by atoms with Gasteiger partial charge in [-0.15, -0.1) is 0 Å². The molecule has 0 unspecified atom stereocenters. The quantitative estimate of drug-likeness (QED) is 0.671. The third kappa shape index (κ3) is 2.54. The van der Waals surface area contributed by atoms with E-state index in [2.05, 4.69) is 4.99 Å². The van der Waals surface area contributed by atoms with E-state index in [1.54, 1.807) is 18.3 Å². The highest BCUT2D eigenvalue weighted by Crippen LogP contribution is 2.13. The first-order chi connectivity index (χ1) is 7.75. The summed E-state index contributed by atoms with van der Waals surface area (Å²) in [6, 6.07) is 14.2. The molecule has 0 spiro atoms. The minimum absolute atomic E-state index is 0.264. The minimum Gasteiger partial charge on any atom is -0.256 e. The monoisotopic (exact) mass is 213 g/mol. The van der Waals surface area contributed by atoms with Crippen molar-refractivity contribution in [3.05, 3.63) is 65.5 Å². The smallest absolute Gasteiger partial charge is 0.125 e. The standard InChI is InChI=1S/C14H12FN/c1-11-5-2-3-6-12(11)10-16-14-8-4-7-13(15)9-14/h2-10H,1H3. The van der Waals surface area contributed by atoms with Gasteiger partial charge in [0.1, 0.15) is 5.82 Å². The van der Waals surface area contributed by atoms with Crippen LogP contribution in [0.25, 0.3) is 0 Å². The van der Waals surface area contributed by atoms with Crippen molar-refractivity contribution in [1.29, 1.82) is 0 Å². The third-order valence-corrected chi connectivity index (χ3v) is 2.35. The summed E-state index contributed by atoms with van der Waals surface area (Å²) in [6.45, 7) is 2.02. The molecule has 16 heavy (non-hydrogen) atoms. The Morgan fingerprint density at radius 3 is 2.62 bits per heavy atom. The van der Waals surface area contributed by atoms with Gasteiger partial charge in [0.05, 0.1) is 5.69 Å². The Labute approximate surface area is 94.3 Å². The predicted octanol–water partition coefficient (Wildman–Crippen LogP) is 3.88. The topological polar surface area (TPSA) is 12.4 Å². The molecule has 0 atom stereocenters. The number of halogens is 1. The number of nitrogens with zero attached hydrogens (tertiary/aromatic N) is 1. The fourth-order valence-electron chi connectivity index (χ4n) is 1.43. The fraction of sp³-hybridized carbons (Fsp3) is 0.0714. The number of benzene rings is 2. The van der Waals surface area contributed by atoms with Crippen LogP contribution in [0, 0.1) is 12.7 Å². The Morgan fingerprint density at radius 1 is 1.06 bits per heavy atom. The van der Waals surface area contributed by atoms with E-state index < -0.39 is 0 Å². The van der Waals surface area contributed by atoms with Crippen LogP contribution >= 0.6 is 0 Å². The van der Waals surface area contributed by atoms with E-state index in [-0.39, 0.29) is 5.82 Å². The molecule has 0 aliphatic rings. The SMILES string of the molecule is Cc1ccccc1C=Nc1cccc(F)c1. The van der Waals surface area contributed by atoms with Gasteiger partial charge in [-0.2, -0.15) is 0 Å². The maximum absolute atomic E-state index is 12.9. The summed E-state index contributed by atoms with van der Waals surface area (Å²) in [5, 5.41) is 0. The Kier molecular flexibility index (Phi) is 3.10. The Bertz CT molecular complexity index is 518. The van der Waals surface area contributed by atoms with Gasteiger partial charge in [-0.1, -0.05) is 30.3 Å². The summed E-state index contributed by atoms with van der Waals surface area (Å²) >= 11 is 0. The van der Waals surface area contributed by atoms with Gasteiger partial charge in [-0.25, -0.2) is 4.39 Å². The highest BCUT2D eigenvalue weighted by Gasteiger charge is 1.94. The van der Waals surface area contributed by atoms with Crippen LogP contribution in [-0.2, 0) is 0 Å². The molecule has 2 rings (SSSR count). The molecule has 80 valence electrons. The van der Waals surface area contributed by atoms with Crippen molar-refractivity contribution in [3.63, 3.8) is 0 Å². The maximum Gasteiger partial charge on any atom is 0.125 e. The molecule has 2 heteroatoms. The lowest BCUT2D eigenvalue weighted by Gasteiger charge is -1.98. The number of aliphatic imine (C=N–C) groups is 1. The largest absolute Gasteiger partial charge is 0.256 e. The molecular weight excluding hydrogens is 201 g/mol. The molecule has 0 aromatic heterocycles. The van der Waals surface area contributed by atoms with Crippen LogP contribution < -0.4 is 0 Å². The second-order valence-corrected chi connectivity index (χ2v) is 3.59. The Hall–Kier alpha value is -1.96. The van der Waals surface area contributed by atoms with Crippen molar-refractivity contribution in [2.75, 3.05) is 0 Å². The zero-order valence-electron chi connectivity index (χ0n) is 9.02. The first-order valence-corrected chi connectivity index (χ1v) is 5.11. The first-order valence-electron chi connectivity index (χ1n) is 5.11. The van der Waals surface area contributed by atoms with Crippen LogP contribution in [0.15, 0.2) is 53.5 Å². The summed E-state index contributed by atoms with van der Waals surface area (Å²) in [7, 11) is 0. The molecule has 0 aliphatic heterocycles. The van der Waals surface area contributed by atoms with Crippen molar-refractivity contribution in [1.82, 2.24) is 0 Å². The van der Waals surface area contributed by atoms with Gasteiger partial charge in [0.15, 0.2) is 0 Å². The highest BCUT2D eigenvalue weighted by atomic mass is 19.1. The average molecular weight is 213 g/mol. The zero-order valence-corrected chi connectivity index (χ0v) is 9.02. The minimum atomic E-state index is -0.264. The Morgan fingerprint density at radius 2 is 1.88 bits per heavy atom. The van der Waals surface area contributed by atoms with E-state index in [0.29, 0.717) is 5.69 Å². The van der Waals surface area contributed by atoms with Crippen molar-refractivity contribution < 1.29 is 4.39 Å². The average Bonchev–Trinajstić information content (AvgIpc) is 2.28. The lowest BCUT2D eigenvalue weighted by Crippen LogP contribution is -1.84. The second-order valence-electron chi connectivity index (χ2n) is 3.59. The lowest BCUT2D eigenvalue weighted by molar-refractivity contribution is 0.628. The van der Waals surface area contributed by atoms with Crippen LogP contribution in [0.2, 0.25) is 0 Å². The van der Waals surface area contributed by atoms with Crippen molar-refractivity contribution in [2.24, 2.45) is 4.99 Å². The maximum atomic E-state index is 12.9. The predicted molar refractivity (Wildman–Crippen MR) is 64.8 cm³/mol. The van der Waals surface area contributed by atoms with E-state index in [1.165, 1.54) is 12.1 Å². The van der Waals surface area contributed by atoms with Gasteiger partial charge in [-0.3, -0.25) is 4.99 Å². The summed E-state index contributed by atoms with van der Waals surface area (Å²) < 4.78 is 12.9. The molecule has 2 aromatic rings. The third-order valence-electron chi connectivity index (χ3n) is 2.35. The van der Waals surface area contributed by atoms with E-state index in [1.807, 2.05) is 31.2 Å². The first kappa shape index (κ1) is 10.6. The van der Waals surface area contributed by atoms with Gasteiger partial charge >= 0.3 is 0 Å². The molecule has 0 saturated heterocycles. The van der Waals surface area contributed by atoms with Crippen molar-refractivity contribution in [3.8, 4) is 0 Å². The second kappa shape index (κ2) is 4.71. The molecule has 0 fully saturated rings. The molecule has 0 amide bonds. The number of hydrogen-bond donors (Lipinski definition) is 0. The molecule has 0 N–H and O–H groups in total. The van der Waals surface area contributed by atoms with E-state index in [9.17, 15) is 4.39 Å². The highest BCUT2D eigenvalue weighted by molar-refractivity contribution is 5.83. The van der Waals surface area contributed by atoms with E-state index in [4.69, 9.17) is 0 Å². The zero-order chi connectivity index (χ0) is 11.4. The van der Waals surface area contributed by atoms with Crippen LogP contribution in [0.5, 0.6) is 0 Å². The van der Waals surface area contributed by atoms with Gasteiger partial charge in [0.2, 0.25) is 0 Å². The number of rotatable bonds is 2. The number of aryl methyl sites for hydroxylation is 1. The molecular formula is C14H12FN. The molecule has 0 bridgehead atoms. The summed E-state index contributed by atoms with van der Waals surface area (Å²) in [6.07, 6.45) is 1.75. The summed E-state index contributed by atoms with van der Waals surface area (Å²) in [5.41, 5.74) is 2.83. The van der Waals surface area contributed by atoms with Gasteiger partial charge in [0, 0.05) is 6.21 Å². The molecule has 0 heterocycles. The van der Waals surface area contributed by atoms with Gasteiger partial charge < -0.3 is 0 Å². The normalized spacial score (nSPS) is 10.9. The molecule has 2 aromatic carbocycles. The van der Waals surface area contributed by atoms with Crippen LogP contribution in [0.3, 0.4) is 0 Å². The number of hydrogen-bond acceptors (Lipinski definition) is 1. The van der Waals surface area contributed by atoms with Crippen LogP contribution in [-0.4, -0.2) is 6.21 Å². The van der Waals surface area contributed by atoms with Crippen molar-refractivity contribution >= 4 is 11.9 Å². The van der Waals surface area contributed by atoms with Crippen molar-refractivity contribution in [2.45, 2.75) is 6.92 Å². The van der Waals surface area contributed by atoms with E-state index in [0.717, 1.165) is 11.1 Å². The lowest BCUT2D eigenvalue weighted by atomic mass is 10.1. The fourth-order valence-corrected chi connectivity index (χ4v) is 1.43. The summed E-state index contributed by atoms with van der Waals surface area (Å²) in [4.78, 5) is 4.23. The Balaban J connectivity index is 2.25. The molecule has 1 nitrogen and oxygen atoms in total. The van der Waals surface area contributed by atoms with Crippen LogP contribution in [0.4, 0.5) is 10.1 Å². The molecule has 0 saturated carbocycles. The van der Waals surface area contributed by atoms with Gasteiger partial charge in [0.25, 0.3) is 0 Å². The van der Waals surface area contributed by atoms with Gasteiger partial charge in [-0.05, 0) is 36.2 Å². The van der Waals surface area contributed by atoms with Crippen LogP contribution in [0.1, 0.15) is 11.1 Å². The summed E-state index contributed by atoms with van der Waals surface area (Å²) in [5.74, 6) is -0.264. The molecule has 0 aliphatic carbocycles.